The molecular weight excluding hydrogens is 458 g/mol. The zero-order valence-corrected chi connectivity index (χ0v) is 20.3. The van der Waals surface area contributed by atoms with Crippen LogP contribution in [0.15, 0.2) is 57.7 Å². The van der Waals surface area contributed by atoms with Gasteiger partial charge in [0.05, 0.1) is 31.9 Å². The molecular formula is C24H23N3O4S2. The summed E-state index contributed by atoms with van der Waals surface area (Å²) in [7, 11) is 4.67. The second kappa shape index (κ2) is 10.1. The van der Waals surface area contributed by atoms with Crippen molar-refractivity contribution in [3.63, 3.8) is 0 Å². The van der Waals surface area contributed by atoms with Crippen LogP contribution in [0.3, 0.4) is 0 Å². The largest absolute Gasteiger partial charge is 0.493 e. The van der Waals surface area contributed by atoms with Crippen LogP contribution in [-0.4, -0.2) is 48.8 Å². The topological polar surface area (TPSA) is 73.2 Å². The fraction of sp³-hybridized carbons (Fsp3) is 0.208. The number of benzene rings is 2. The number of likely N-dealkylation sites (N-methyl/N-ethyl adjacent to an activating group) is 1. The minimum atomic E-state index is -0.113. The first-order valence-corrected chi connectivity index (χ1v) is 11.9. The van der Waals surface area contributed by atoms with Crippen LogP contribution in [0, 0.1) is 0 Å². The van der Waals surface area contributed by atoms with Gasteiger partial charge in [-0.25, -0.2) is 4.98 Å². The van der Waals surface area contributed by atoms with Crippen molar-refractivity contribution in [2.75, 3.05) is 27.9 Å². The summed E-state index contributed by atoms with van der Waals surface area (Å²) in [4.78, 5) is 24.6. The summed E-state index contributed by atoms with van der Waals surface area (Å²) in [6.07, 6.45) is 1.79. The molecule has 3 aromatic rings. The maximum atomic E-state index is 13.1. The third-order valence-electron chi connectivity index (χ3n) is 4.98. The summed E-state index contributed by atoms with van der Waals surface area (Å²) in [6, 6.07) is 13.6. The molecule has 1 aliphatic rings. The number of methoxy groups -OCH3 is 3. The number of rotatable bonds is 7. The van der Waals surface area contributed by atoms with Gasteiger partial charge < -0.3 is 14.2 Å². The molecule has 0 spiro atoms. The van der Waals surface area contributed by atoms with Crippen molar-refractivity contribution in [2.24, 2.45) is 4.99 Å². The highest BCUT2D eigenvalue weighted by atomic mass is 32.2. The van der Waals surface area contributed by atoms with Crippen LogP contribution < -0.4 is 14.2 Å². The van der Waals surface area contributed by atoms with Crippen molar-refractivity contribution in [1.29, 1.82) is 0 Å². The fourth-order valence-electron chi connectivity index (χ4n) is 3.39. The third kappa shape index (κ3) is 4.60. The number of carbonyl (C=O) groups is 1. The van der Waals surface area contributed by atoms with Gasteiger partial charge in [-0.15, -0.1) is 11.3 Å². The Morgan fingerprint density at radius 2 is 1.79 bits per heavy atom. The number of nitrogens with zero attached hydrogens (tertiary/aromatic N) is 3. The van der Waals surface area contributed by atoms with Crippen LogP contribution in [0.1, 0.15) is 12.5 Å². The van der Waals surface area contributed by atoms with Crippen LogP contribution in [0.4, 0.5) is 5.13 Å². The second-order valence-electron chi connectivity index (χ2n) is 6.86. The quantitative estimate of drug-likeness (QED) is 0.417. The fourth-order valence-corrected chi connectivity index (χ4v) is 5.18. The number of aromatic nitrogens is 1. The molecule has 1 amide bonds. The van der Waals surface area contributed by atoms with E-state index in [4.69, 9.17) is 14.2 Å². The van der Waals surface area contributed by atoms with Gasteiger partial charge in [0.15, 0.2) is 16.7 Å². The van der Waals surface area contributed by atoms with E-state index in [2.05, 4.69) is 9.98 Å². The van der Waals surface area contributed by atoms with E-state index in [1.54, 1.807) is 38.4 Å². The molecule has 9 heteroatoms. The Morgan fingerprint density at radius 3 is 2.45 bits per heavy atom. The summed E-state index contributed by atoms with van der Waals surface area (Å²) in [5.41, 5.74) is 2.61. The minimum Gasteiger partial charge on any atom is -0.493 e. The summed E-state index contributed by atoms with van der Waals surface area (Å²) < 4.78 is 16.4. The SMILES string of the molecule is CCN1C(=O)/C(=C/c2ccc(OC)c(OC)c2OC)S/C1=N/c1nc(-c2ccccc2)cs1. The molecule has 0 unspecified atom stereocenters. The van der Waals surface area contributed by atoms with Crippen LogP contribution in [0.25, 0.3) is 17.3 Å². The Kier molecular flexibility index (Phi) is 7.00. The molecule has 2 aromatic carbocycles. The van der Waals surface area contributed by atoms with E-state index in [0.29, 0.717) is 44.6 Å². The van der Waals surface area contributed by atoms with E-state index in [1.807, 2.05) is 48.7 Å². The zero-order valence-electron chi connectivity index (χ0n) is 18.7. The molecule has 2 heterocycles. The molecule has 170 valence electrons. The van der Waals surface area contributed by atoms with E-state index < -0.39 is 0 Å². The first-order chi connectivity index (χ1) is 16.1. The predicted octanol–water partition coefficient (Wildman–Crippen LogP) is 5.46. The van der Waals surface area contributed by atoms with E-state index in [9.17, 15) is 4.79 Å². The van der Waals surface area contributed by atoms with Crippen molar-refractivity contribution in [3.05, 3.63) is 58.3 Å². The number of hydrogen-bond donors (Lipinski definition) is 0. The standard InChI is InChI=1S/C24H23N3O4S2/c1-5-27-22(28)19(13-16-11-12-18(29-2)21(31-4)20(16)30-3)33-24(27)26-23-25-17(14-32-23)15-9-7-6-8-10-15/h6-14H,5H2,1-4H3/b19-13-,26-24+. The van der Waals surface area contributed by atoms with Crippen molar-refractivity contribution < 1.29 is 19.0 Å². The Bertz CT molecular complexity index is 1220. The molecule has 0 aliphatic carbocycles. The smallest absolute Gasteiger partial charge is 0.266 e. The number of amides is 1. The van der Waals surface area contributed by atoms with Gasteiger partial charge in [0.25, 0.3) is 5.91 Å². The molecule has 7 nitrogen and oxygen atoms in total. The van der Waals surface area contributed by atoms with E-state index in [0.717, 1.165) is 11.3 Å². The molecule has 1 aliphatic heterocycles. The van der Waals surface area contributed by atoms with Gasteiger partial charge in [-0.3, -0.25) is 9.69 Å². The highest BCUT2D eigenvalue weighted by molar-refractivity contribution is 8.18. The second-order valence-corrected chi connectivity index (χ2v) is 8.70. The third-order valence-corrected chi connectivity index (χ3v) is 6.72. The monoisotopic (exact) mass is 481 g/mol. The summed E-state index contributed by atoms with van der Waals surface area (Å²) >= 11 is 2.76. The Labute approximate surface area is 200 Å². The normalized spacial score (nSPS) is 16.0. The number of thiazole rings is 1. The van der Waals surface area contributed by atoms with Gasteiger partial charge in [-0.2, -0.15) is 4.99 Å². The van der Waals surface area contributed by atoms with Gasteiger partial charge in [0.2, 0.25) is 10.9 Å². The van der Waals surface area contributed by atoms with Crippen molar-refractivity contribution >= 4 is 45.4 Å². The van der Waals surface area contributed by atoms with Crippen molar-refractivity contribution in [2.45, 2.75) is 6.92 Å². The first kappa shape index (κ1) is 22.9. The summed E-state index contributed by atoms with van der Waals surface area (Å²) in [6.45, 7) is 2.42. The number of carbonyl (C=O) groups excluding carboxylic acids is 1. The average Bonchev–Trinajstić information content (AvgIpc) is 3.43. The molecule has 0 atom stereocenters. The lowest BCUT2D eigenvalue weighted by atomic mass is 10.1. The molecule has 0 bridgehead atoms. The molecule has 4 rings (SSSR count). The lowest BCUT2D eigenvalue weighted by molar-refractivity contribution is -0.122. The molecule has 0 N–H and O–H groups in total. The zero-order chi connectivity index (χ0) is 23.4. The summed E-state index contributed by atoms with van der Waals surface area (Å²) in [5.74, 6) is 1.41. The lowest BCUT2D eigenvalue weighted by Crippen LogP contribution is -2.28. The Balaban J connectivity index is 1.67. The predicted molar refractivity (Wildman–Crippen MR) is 134 cm³/mol. The molecule has 1 aromatic heterocycles. The van der Waals surface area contributed by atoms with Gasteiger partial charge in [0, 0.05) is 23.1 Å². The Hall–Kier alpha value is -3.30. The maximum absolute atomic E-state index is 13.1. The van der Waals surface area contributed by atoms with Crippen LogP contribution >= 0.6 is 23.1 Å². The molecule has 0 radical (unpaired) electrons. The van der Waals surface area contributed by atoms with Crippen molar-refractivity contribution in [1.82, 2.24) is 9.88 Å². The Morgan fingerprint density at radius 1 is 1.03 bits per heavy atom. The number of hydrogen-bond acceptors (Lipinski definition) is 8. The van der Waals surface area contributed by atoms with E-state index in [1.165, 1.54) is 23.1 Å². The molecule has 1 saturated heterocycles. The van der Waals surface area contributed by atoms with Crippen molar-refractivity contribution in [3.8, 4) is 28.5 Å². The van der Waals surface area contributed by atoms with Crippen LogP contribution in [0.5, 0.6) is 17.2 Å². The van der Waals surface area contributed by atoms with E-state index in [-0.39, 0.29) is 5.91 Å². The summed E-state index contributed by atoms with van der Waals surface area (Å²) in [5, 5.41) is 3.17. The molecule has 0 saturated carbocycles. The van der Waals surface area contributed by atoms with Crippen LogP contribution in [-0.2, 0) is 4.79 Å². The van der Waals surface area contributed by atoms with Gasteiger partial charge in [-0.1, -0.05) is 30.3 Å². The highest BCUT2D eigenvalue weighted by Gasteiger charge is 2.33. The van der Waals surface area contributed by atoms with Gasteiger partial charge in [-0.05, 0) is 36.9 Å². The number of aliphatic imine (C=N–C) groups is 1. The number of ether oxygens (including phenoxy) is 3. The van der Waals surface area contributed by atoms with Crippen LogP contribution in [0.2, 0.25) is 0 Å². The molecule has 1 fully saturated rings. The lowest BCUT2D eigenvalue weighted by Gasteiger charge is -2.14. The van der Waals surface area contributed by atoms with E-state index >= 15 is 0 Å². The van der Waals surface area contributed by atoms with Gasteiger partial charge in [0.1, 0.15) is 0 Å². The maximum Gasteiger partial charge on any atom is 0.266 e. The minimum absolute atomic E-state index is 0.113. The molecule has 33 heavy (non-hydrogen) atoms. The number of amidine groups is 1. The first-order valence-electron chi connectivity index (χ1n) is 10.2. The average molecular weight is 482 g/mol. The van der Waals surface area contributed by atoms with Gasteiger partial charge >= 0.3 is 0 Å². The highest BCUT2D eigenvalue weighted by Crippen LogP contribution is 2.42. The number of thioether (sulfide) groups is 1.